The second-order valence-electron chi connectivity index (χ2n) is 3.75. The monoisotopic (exact) mass is 271 g/mol. The number of benzene rings is 2. The summed E-state index contributed by atoms with van der Waals surface area (Å²) in [7, 11) is 0. The minimum absolute atomic E-state index is 1.10. The SMILES string of the molecule is Brc1cccc2cc(-c3ccccc3)[nH]c12. The van der Waals surface area contributed by atoms with Crippen molar-refractivity contribution in [2.45, 2.75) is 0 Å². The van der Waals surface area contributed by atoms with Gasteiger partial charge in [-0.15, -0.1) is 0 Å². The van der Waals surface area contributed by atoms with E-state index in [0.717, 1.165) is 15.7 Å². The second-order valence-corrected chi connectivity index (χ2v) is 4.61. The topological polar surface area (TPSA) is 15.8 Å². The number of nitrogens with one attached hydrogen (secondary N) is 1. The van der Waals surface area contributed by atoms with Gasteiger partial charge in [0.15, 0.2) is 0 Å². The predicted octanol–water partition coefficient (Wildman–Crippen LogP) is 4.60. The number of aromatic amines is 1. The van der Waals surface area contributed by atoms with Gasteiger partial charge in [-0.05, 0) is 33.6 Å². The summed E-state index contributed by atoms with van der Waals surface area (Å²) in [5.41, 5.74) is 3.52. The van der Waals surface area contributed by atoms with E-state index in [-0.39, 0.29) is 0 Å². The molecule has 0 saturated carbocycles. The maximum absolute atomic E-state index is 3.55. The van der Waals surface area contributed by atoms with Gasteiger partial charge >= 0.3 is 0 Å². The van der Waals surface area contributed by atoms with Gasteiger partial charge in [-0.25, -0.2) is 0 Å². The summed E-state index contributed by atoms with van der Waals surface area (Å²) in [5.74, 6) is 0. The summed E-state index contributed by atoms with van der Waals surface area (Å²) in [6.45, 7) is 0. The summed E-state index contributed by atoms with van der Waals surface area (Å²) >= 11 is 3.55. The van der Waals surface area contributed by atoms with E-state index in [1.54, 1.807) is 0 Å². The van der Waals surface area contributed by atoms with E-state index < -0.39 is 0 Å². The molecule has 0 unspecified atom stereocenters. The maximum atomic E-state index is 3.55. The molecule has 1 N–H and O–H groups in total. The Morgan fingerprint density at radius 2 is 1.69 bits per heavy atom. The number of hydrogen-bond donors (Lipinski definition) is 1. The molecule has 1 aromatic heterocycles. The number of halogens is 1. The van der Waals surface area contributed by atoms with Gasteiger partial charge < -0.3 is 4.98 Å². The first-order chi connectivity index (χ1) is 7.84. The number of para-hydroxylation sites is 1. The molecule has 0 bridgehead atoms. The van der Waals surface area contributed by atoms with Gasteiger partial charge in [0.1, 0.15) is 0 Å². The largest absolute Gasteiger partial charge is 0.354 e. The third-order valence-corrected chi connectivity index (χ3v) is 3.35. The van der Waals surface area contributed by atoms with Crippen molar-refractivity contribution in [2.75, 3.05) is 0 Å². The molecule has 0 aliphatic heterocycles. The van der Waals surface area contributed by atoms with Crippen LogP contribution in [0.4, 0.5) is 0 Å². The highest BCUT2D eigenvalue weighted by atomic mass is 79.9. The Bertz CT molecular complexity index is 626. The van der Waals surface area contributed by atoms with E-state index in [2.05, 4.69) is 63.4 Å². The molecule has 1 nitrogen and oxygen atoms in total. The Morgan fingerprint density at radius 3 is 2.44 bits per heavy atom. The number of hydrogen-bond acceptors (Lipinski definition) is 0. The number of H-pyrrole nitrogens is 1. The molecule has 0 aliphatic rings. The van der Waals surface area contributed by atoms with E-state index in [4.69, 9.17) is 0 Å². The zero-order valence-electron chi connectivity index (χ0n) is 8.57. The van der Waals surface area contributed by atoms with Crippen LogP contribution >= 0.6 is 15.9 Å². The molecule has 2 heteroatoms. The Hall–Kier alpha value is -1.54. The summed E-state index contributed by atoms with van der Waals surface area (Å²) in [6, 6.07) is 18.7. The molecule has 0 aliphatic carbocycles. The molecule has 0 amide bonds. The minimum atomic E-state index is 1.10. The normalized spacial score (nSPS) is 10.8. The molecular formula is C14H10BrN. The maximum Gasteiger partial charge on any atom is 0.0603 e. The van der Waals surface area contributed by atoms with Crippen molar-refractivity contribution in [3.8, 4) is 11.3 Å². The van der Waals surface area contributed by atoms with Crippen LogP contribution in [0.2, 0.25) is 0 Å². The van der Waals surface area contributed by atoms with Crippen LogP contribution < -0.4 is 0 Å². The fourth-order valence-electron chi connectivity index (χ4n) is 1.89. The predicted molar refractivity (Wildman–Crippen MR) is 71.4 cm³/mol. The number of rotatable bonds is 1. The average molecular weight is 272 g/mol. The first-order valence-electron chi connectivity index (χ1n) is 5.17. The Morgan fingerprint density at radius 1 is 0.875 bits per heavy atom. The van der Waals surface area contributed by atoms with Crippen LogP contribution in [0, 0.1) is 0 Å². The van der Waals surface area contributed by atoms with Crippen molar-refractivity contribution in [3.63, 3.8) is 0 Å². The lowest BCUT2D eigenvalue weighted by molar-refractivity contribution is 1.44. The van der Waals surface area contributed by atoms with Crippen molar-refractivity contribution in [2.24, 2.45) is 0 Å². The van der Waals surface area contributed by atoms with E-state index in [1.165, 1.54) is 10.9 Å². The van der Waals surface area contributed by atoms with Gasteiger partial charge in [-0.1, -0.05) is 42.5 Å². The van der Waals surface area contributed by atoms with Crippen molar-refractivity contribution in [3.05, 3.63) is 59.1 Å². The summed E-state index contributed by atoms with van der Waals surface area (Å²) in [4.78, 5) is 3.43. The quantitative estimate of drug-likeness (QED) is 0.666. The highest BCUT2D eigenvalue weighted by Crippen LogP contribution is 2.28. The fraction of sp³-hybridized carbons (Fsp3) is 0. The lowest BCUT2D eigenvalue weighted by Gasteiger charge is -1.95. The Labute approximate surface area is 102 Å². The summed E-state index contributed by atoms with van der Waals surface area (Å²) in [5, 5.41) is 1.23. The highest BCUT2D eigenvalue weighted by molar-refractivity contribution is 9.10. The number of aromatic nitrogens is 1. The molecule has 78 valence electrons. The van der Waals surface area contributed by atoms with Gasteiger partial charge in [0.2, 0.25) is 0 Å². The molecule has 0 atom stereocenters. The third-order valence-electron chi connectivity index (χ3n) is 2.69. The first kappa shape index (κ1) is 9.67. The van der Waals surface area contributed by atoms with E-state index in [9.17, 15) is 0 Å². The van der Waals surface area contributed by atoms with Crippen LogP contribution in [-0.4, -0.2) is 4.98 Å². The van der Waals surface area contributed by atoms with Crippen LogP contribution in [0.25, 0.3) is 22.2 Å². The van der Waals surface area contributed by atoms with Crippen LogP contribution in [-0.2, 0) is 0 Å². The smallest absolute Gasteiger partial charge is 0.0603 e. The minimum Gasteiger partial charge on any atom is -0.354 e. The molecule has 1 heterocycles. The zero-order valence-corrected chi connectivity index (χ0v) is 10.2. The molecule has 0 fully saturated rings. The van der Waals surface area contributed by atoms with E-state index in [0.29, 0.717) is 0 Å². The second kappa shape index (κ2) is 3.80. The Balaban J connectivity index is 2.23. The molecule has 16 heavy (non-hydrogen) atoms. The van der Waals surface area contributed by atoms with Crippen LogP contribution in [0.1, 0.15) is 0 Å². The van der Waals surface area contributed by atoms with Gasteiger partial charge in [0.05, 0.1) is 5.52 Å². The van der Waals surface area contributed by atoms with Gasteiger partial charge in [-0.2, -0.15) is 0 Å². The molecule has 2 aromatic carbocycles. The molecule has 0 spiro atoms. The first-order valence-corrected chi connectivity index (χ1v) is 5.96. The molecular weight excluding hydrogens is 262 g/mol. The van der Waals surface area contributed by atoms with Crippen molar-refractivity contribution >= 4 is 26.8 Å². The van der Waals surface area contributed by atoms with Crippen LogP contribution in [0.5, 0.6) is 0 Å². The van der Waals surface area contributed by atoms with Crippen LogP contribution in [0.15, 0.2) is 59.1 Å². The van der Waals surface area contributed by atoms with Crippen LogP contribution in [0.3, 0.4) is 0 Å². The van der Waals surface area contributed by atoms with Gasteiger partial charge in [0, 0.05) is 15.6 Å². The van der Waals surface area contributed by atoms with Gasteiger partial charge in [0.25, 0.3) is 0 Å². The van der Waals surface area contributed by atoms with Crippen molar-refractivity contribution in [1.29, 1.82) is 0 Å². The average Bonchev–Trinajstić information content (AvgIpc) is 2.76. The van der Waals surface area contributed by atoms with E-state index in [1.807, 2.05) is 12.1 Å². The van der Waals surface area contributed by atoms with Crippen molar-refractivity contribution < 1.29 is 0 Å². The third kappa shape index (κ3) is 1.55. The molecule has 3 rings (SSSR count). The fourth-order valence-corrected chi connectivity index (χ4v) is 2.37. The standard InChI is InChI=1S/C14H10BrN/c15-12-8-4-7-11-9-13(16-14(11)12)10-5-2-1-3-6-10/h1-9,16H. The zero-order chi connectivity index (χ0) is 11.0. The Kier molecular flexibility index (Phi) is 2.29. The van der Waals surface area contributed by atoms with E-state index >= 15 is 0 Å². The molecule has 3 aromatic rings. The molecule has 0 radical (unpaired) electrons. The van der Waals surface area contributed by atoms with Crippen molar-refractivity contribution in [1.82, 2.24) is 4.98 Å². The van der Waals surface area contributed by atoms with Gasteiger partial charge in [-0.3, -0.25) is 0 Å². The lowest BCUT2D eigenvalue weighted by Crippen LogP contribution is -1.75. The highest BCUT2D eigenvalue weighted by Gasteiger charge is 2.04. The summed E-state index contributed by atoms with van der Waals surface area (Å²) < 4.78 is 1.10. The lowest BCUT2D eigenvalue weighted by atomic mass is 10.1. The number of fused-ring (bicyclic) bond motifs is 1. The molecule has 0 saturated heterocycles. The summed E-state index contributed by atoms with van der Waals surface area (Å²) in [6.07, 6.45) is 0.